The van der Waals surface area contributed by atoms with Crippen molar-refractivity contribution >= 4 is 39.9 Å². The van der Waals surface area contributed by atoms with Gasteiger partial charge in [-0.25, -0.2) is 0 Å². The summed E-state index contributed by atoms with van der Waals surface area (Å²) in [6.07, 6.45) is 2.21. The molecule has 0 amide bonds. The number of hydrogen-bond acceptors (Lipinski definition) is 5. The van der Waals surface area contributed by atoms with Gasteiger partial charge in [0.15, 0.2) is 0 Å². The average Bonchev–Trinajstić information content (AvgIpc) is 3.50. The summed E-state index contributed by atoms with van der Waals surface area (Å²) in [4.78, 5) is 19.1. The van der Waals surface area contributed by atoms with Gasteiger partial charge in [0, 0.05) is 29.0 Å². The average molecular weight is 914 g/mol. The Morgan fingerprint density at radius 2 is 1.51 bits per heavy atom. The molecule has 4 aromatic heterocycles. The third-order valence-corrected chi connectivity index (χ3v) is 11.9. The number of pyridine rings is 2. The number of aromatic nitrogens is 4. The van der Waals surface area contributed by atoms with Crippen LogP contribution in [0.5, 0.6) is 0 Å². The molecule has 0 spiro atoms. The van der Waals surface area contributed by atoms with Crippen molar-refractivity contribution in [3.05, 3.63) is 127 Å². The van der Waals surface area contributed by atoms with Crippen LogP contribution in [0, 0.1) is 17.5 Å². The van der Waals surface area contributed by atoms with Gasteiger partial charge in [-0.2, -0.15) is 0 Å². The second-order valence-corrected chi connectivity index (χ2v) is 26.1. The van der Waals surface area contributed by atoms with Crippen molar-refractivity contribution in [1.82, 2.24) is 19.9 Å². The molecule has 0 saturated carbocycles. The molecule has 4 heterocycles. The molecule has 0 saturated heterocycles. The zero-order valence-corrected chi connectivity index (χ0v) is 35.3. The summed E-state index contributed by atoms with van der Waals surface area (Å²) in [5.74, 6) is 7.76. The molecule has 7 rings (SSSR count). The van der Waals surface area contributed by atoms with Crippen molar-refractivity contribution in [2.75, 3.05) is 0 Å². The maximum Gasteiger partial charge on any atom is 0.0321 e. The van der Waals surface area contributed by atoms with Crippen LogP contribution in [0.2, 0.25) is 17.3 Å². The Labute approximate surface area is 321 Å². The standard InChI is InChI=1S/C28H28GeN3O.C16H18N.Ir/c1-28(2,3)19-15-16-22(30-17-19)20-13-10-14-21-23-25(33-24(20)21)26(29(4,5)6)32-27(31-23)18-11-8-7-9-12-18;1-16(2,3)12-13-9-10-17-15(11-13)14-7-5-4-6-8-14;/h7-12,14-17H,1-6H3;4-7,9-11H,12H2,1-3H3;/q2*-1;/i;12D2;. The van der Waals surface area contributed by atoms with Crippen LogP contribution in [0.15, 0.2) is 108 Å². The van der Waals surface area contributed by atoms with E-state index in [9.17, 15) is 0 Å². The van der Waals surface area contributed by atoms with E-state index in [0.29, 0.717) is 5.56 Å². The van der Waals surface area contributed by atoms with Gasteiger partial charge in [-0.1, -0.05) is 32.4 Å². The number of fused-ring (bicyclic) bond motifs is 3. The van der Waals surface area contributed by atoms with E-state index >= 15 is 0 Å². The molecular formula is C44H46GeIrN4O-2. The van der Waals surface area contributed by atoms with E-state index in [1.807, 2.05) is 87.6 Å². The molecule has 5 nitrogen and oxygen atoms in total. The summed E-state index contributed by atoms with van der Waals surface area (Å²) in [6, 6.07) is 36.0. The molecule has 1 radical (unpaired) electrons. The van der Waals surface area contributed by atoms with E-state index in [-0.39, 0.29) is 25.5 Å². The zero-order chi connectivity index (χ0) is 37.5. The minimum atomic E-state index is -2.38. The first-order chi connectivity index (χ1) is 24.4. The van der Waals surface area contributed by atoms with Gasteiger partial charge in [-0.3, -0.25) is 0 Å². The molecule has 263 valence electrons. The van der Waals surface area contributed by atoms with Crippen molar-refractivity contribution < 1.29 is 27.3 Å². The Bertz CT molecular complexity index is 2330. The molecule has 0 aliphatic rings. The Hall–Kier alpha value is -3.97. The molecule has 0 aliphatic carbocycles. The summed E-state index contributed by atoms with van der Waals surface area (Å²) in [5, 5.41) is 0.980. The zero-order valence-electron chi connectivity index (χ0n) is 32.8. The van der Waals surface area contributed by atoms with Gasteiger partial charge in [0.2, 0.25) is 0 Å². The predicted molar refractivity (Wildman–Crippen MR) is 210 cm³/mol. The normalized spacial score (nSPS) is 12.8. The molecule has 0 N–H and O–H groups in total. The van der Waals surface area contributed by atoms with E-state index in [4.69, 9.17) is 22.1 Å². The van der Waals surface area contributed by atoms with E-state index in [2.05, 4.69) is 79.4 Å². The number of furan rings is 1. The molecule has 0 unspecified atom stereocenters. The van der Waals surface area contributed by atoms with Crippen LogP contribution in [-0.4, -0.2) is 33.2 Å². The first-order valence-corrected chi connectivity index (χ1v) is 24.4. The second-order valence-electron chi connectivity index (χ2n) is 15.7. The largest absolute Gasteiger partial charge is 0.305 e. The second kappa shape index (κ2) is 15.3. The monoisotopic (exact) mass is 915 g/mol. The van der Waals surface area contributed by atoms with Gasteiger partial charge in [-0.05, 0) is 23.5 Å². The number of benzene rings is 3. The third-order valence-electron chi connectivity index (χ3n) is 8.17. The van der Waals surface area contributed by atoms with Crippen LogP contribution >= 0.6 is 0 Å². The van der Waals surface area contributed by atoms with Crippen LogP contribution in [0.25, 0.3) is 56.0 Å². The molecule has 0 bridgehead atoms. The van der Waals surface area contributed by atoms with Crippen LogP contribution < -0.4 is 4.53 Å². The molecule has 0 aliphatic heterocycles. The van der Waals surface area contributed by atoms with Crippen molar-refractivity contribution in [1.29, 1.82) is 0 Å². The topological polar surface area (TPSA) is 64.7 Å². The fraction of sp³-hybridized carbons (Fsp3) is 0.273. The van der Waals surface area contributed by atoms with Gasteiger partial charge < -0.3 is 4.98 Å². The minimum Gasteiger partial charge on any atom is -0.305 e. The maximum absolute atomic E-state index is 8.31. The summed E-state index contributed by atoms with van der Waals surface area (Å²) in [6.45, 7) is 12.3. The number of nitrogens with zero attached hydrogens (tertiary/aromatic N) is 4. The molecule has 3 aromatic carbocycles. The first kappa shape index (κ1) is 35.4. The van der Waals surface area contributed by atoms with Gasteiger partial charge >= 0.3 is 198 Å². The molecule has 7 heteroatoms. The Morgan fingerprint density at radius 3 is 2.14 bits per heavy atom. The Morgan fingerprint density at radius 1 is 0.765 bits per heavy atom. The van der Waals surface area contributed by atoms with Gasteiger partial charge in [-0.15, -0.1) is 35.9 Å². The summed E-state index contributed by atoms with van der Waals surface area (Å²) >= 11 is -2.38. The van der Waals surface area contributed by atoms with Crippen molar-refractivity contribution in [3.8, 4) is 33.9 Å². The van der Waals surface area contributed by atoms with Crippen LogP contribution in [0.1, 0.15) is 55.4 Å². The Balaban J connectivity index is 0.000000232. The first-order valence-electron chi connectivity index (χ1n) is 18.1. The van der Waals surface area contributed by atoms with Crippen LogP contribution in [-0.2, 0) is 31.9 Å². The molecule has 51 heavy (non-hydrogen) atoms. The third kappa shape index (κ3) is 9.10. The van der Waals surface area contributed by atoms with Crippen molar-refractivity contribution in [2.45, 2.75) is 70.6 Å². The predicted octanol–water partition coefficient (Wildman–Crippen LogP) is 10.9. The molecular weight excluding hydrogens is 865 g/mol. The molecule has 0 fully saturated rings. The van der Waals surface area contributed by atoms with Crippen LogP contribution in [0.3, 0.4) is 0 Å². The van der Waals surface area contributed by atoms with Gasteiger partial charge in [0.25, 0.3) is 0 Å². The van der Waals surface area contributed by atoms with Crippen molar-refractivity contribution in [2.24, 2.45) is 5.41 Å². The van der Waals surface area contributed by atoms with E-state index in [1.54, 1.807) is 12.3 Å². The van der Waals surface area contributed by atoms with Gasteiger partial charge in [0.1, 0.15) is 0 Å². The summed E-state index contributed by atoms with van der Waals surface area (Å²) in [5.41, 5.74) is 8.26. The van der Waals surface area contributed by atoms with Gasteiger partial charge in [0.05, 0.1) is 0 Å². The summed E-state index contributed by atoms with van der Waals surface area (Å²) in [7, 11) is 0. The number of hydrogen-bond donors (Lipinski definition) is 0. The molecule has 0 atom stereocenters. The van der Waals surface area contributed by atoms with Crippen LogP contribution in [0.4, 0.5) is 0 Å². The van der Waals surface area contributed by atoms with E-state index < -0.39 is 25.1 Å². The fourth-order valence-electron chi connectivity index (χ4n) is 5.65. The number of rotatable bonds is 5. The van der Waals surface area contributed by atoms with E-state index in [0.717, 1.165) is 60.5 Å². The Kier molecular flexibility index (Phi) is 10.7. The SMILES string of the molecule is CC(C)(C)c1ccc(-c2[c-]ccc3c2oc2[c]([Ge]([CH3])([CH3])[CH3])nc(-c4ccccc4)nc23)nc1.[2H]C([2H])(c1ccnc(-c2[c-]cccc2)c1)C(C)(C)C.[Ir]. The fourth-order valence-corrected chi connectivity index (χ4v) is 8.36. The van der Waals surface area contributed by atoms with E-state index in [1.165, 1.54) is 5.56 Å². The summed E-state index contributed by atoms with van der Waals surface area (Å²) < 4.78 is 24.2. The minimum absolute atomic E-state index is 0. The quantitative estimate of drug-likeness (QED) is 0.127. The molecule has 7 aromatic rings. The van der Waals surface area contributed by atoms with Crippen molar-refractivity contribution in [3.63, 3.8) is 0 Å². The maximum atomic E-state index is 8.31. The smallest absolute Gasteiger partial charge is 0.0321 e.